The van der Waals surface area contributed by atoms with Gasteiger partial charge in [-0.3, -0.25) is 18.8 Å². The number of rotatable bonds is 3. The molecule has 2 N–H and O–H groups in total. The summed E-state index contributed by atoms with van der Waals surface area (Å²) >= 11 is 1.51. The maximum atomic E-state index is 13.3. The first-order valence-electron chi connectivity index (χ1n) is 12.8. The summed E-state index contributed by atoms with van der Waals surface area (Å²) in [5.74, 6) is 0.506. The average molecular weight is 562 g/mol. The first-order chi connectivity index (χ1) is 19.4. The molecule has 3 aliphatic rings. The lowest BCUT2D eigenvalue weighted by atomic mass is 10.1. The van der Waals surface area contributed by atoms with E-state index in [1.54, 1.807) is 17.0 Å². The summed E-state index contributed by atoms with van der Waals surface area (Å²) in [6, 6.07) is 11.6. The highest BCUT2D eigenvalue weighted by molar-refractivity contribution is 7.15. The van der Waals surface area contributed by atoms with Crippen molar-refractivity contribution in [2.75, 3.05) is 26.8 Å². The highest BCUT2D eigenvalue weighted by Crippen LogP contribution is 2.29. The van der Waals surface area contributed by atoms with E-state index in [9.17, 15) is 14.4 Å². The molecule has 0 aliphatic carbocycles. The summed E-state index contributed by atoms with van der Waals surface area (Å²) in [6.45, 7) is 0.674. The molecule has 2 aromatic carbocycles. The molecule has 2 atom stereocenters. The SMILES string of the molecule is COc1ccc2cc1OCC(=O)NCc1ccc(cc1)O[C@H]1CN(C(=O)Cc3cn4ccsc4n3)C[C@@H]1NC2=O. The molecular weight excluding hydrogens is 534 g/mol. The Bertz CT molecular complexity index is 1540. The van der Waals surface area contributed by atoms with E-state index in [1.165, 1.54) is 24.5 Å². The third-order valence-electron chi connectivity index (χ3n) is 6.90. The van der Waals surface area contributed by atoms with Gasteiger partial charge in [0.2, 0.25) is 5.91 Å². The lowest BCUT2D eigenvalue weighted by molar-refractivity contribution is -0.129. The maximum Gasteiger partial charge on any atom is 0.258 e. The van der Waals surface area contributed by atoms with Gasteiger partial charge in [0.15, 0.2) is 23.1 Å². The van der Waals surface area contributed by atoms with Crippen LogP contribution in [0.25, 0.3) is 4.96 Å². The Morgan fingerprint density at radius 1 is 1.18 bits per heavy atom. The largest absolute Gasteiger partial charge is 0.493 e. The Hall–Kier alpha value is -4.58. The number of thiazole rings is 1. The average Bonchev–Trinajstić information content (AvgIpc) is 3.66. The fourth-order valence-corrected chi connectivity index (χ4v) is 5.52. The van der Waals surface area contributed by atoms with Crippen molar-refractivity contribution >= 4 is 34.0 Å². The van der Waals surface area contributed by atoms with Crippen LogP contribution in [0.5, 0.6) is 17.2 Å². The van der Waals surface area contributed by atoms with Crippen LogP contribution in [-0.2, 0) is 22.6 Å². The van der Waals surface area contributed by atoms with Crippen LogP contribution >= 0.6 is 11.3 Å². The van der Waals surface area contributed by atoms with Gasteiger partial charge in [0, 0.05) is 36.4 Å². The number of hydrogen-bond acceptors (Lipinski definition) is 8. The number of carbonyl (C=O) groups excluding carboxylic acids is 3. The maximum absolute atomic E-state index is 13.3. The van der Waals surface area contributed by atoms with Crippen molar-refractivity contribution in [2.24, 2.45) is 0 Å². The van der Waals surface area contributed by atoms with E-state index in [0.717, 1.165) is 10.5 Å². The summed E-state index contributed by atoms with van der Waals surface area (Å²) in [5.41, 5.74) is 1.90. The normalized spacial score (nSPS) is 19.3. The highest BCUT2D eigenvalue weighted by atomic mass is 32.1. The molecule has 40 heavy (non-hydrogen) atoms. The second-order valence-corrected chi connectivity index (χ2v) is 10.5. The molecular formula is C28H27N5O6S. The van der Waals surface area contributed by atoms with Crippen molar-refractivity contribution < 1.29 is 28.6 Å². The van der Waals surface area contributed by atoms with Crippen LogP contribution in [0.2, 0.25) is 0 Å². The predicted octanol–water partition coefficient (Wildman–Crippen LogP) is 2.04. The molecule has 3 aliphatic heterocycles. The van der Waals surface area contributed by atoms with Crippen LogP contribution in [0.3, 0.4) is 0 Å². The van der Waals surface area contributed by atoms with Gasteiger partial charge in [0.05, 0.1) is 31.8 Å². The number of carbonyl (C=O) groups is 3. The van der Waals surface area contributed by atoms with Crippen molar-refractivity contribution in [3.8, 4) is 17.2 Å². The number of amides is 3. The van der Waals surface area contributed by atoms with Crippen LogP contribution in [0.1, 0.15) is 21.6 Å². The number of benzene rings is 2. The summed E-state index contributed by atoms with van der Waals surface area (Å²) in [7, 11) is 1.49. The van der Waals surface area contributed by atoms with Gasteiger partial charge in [-0.15, -0.1) is 11.3 Å². The molecule has 11 nitrogen and oxygen atoms in total. The fourth-order valence-electron chi connectivity index (χ4n) is 4.80. The van der Waals surface area contributed by atoms with Crippen molar-refractivity contribution in [3.05, 3.63) is 77.1 Å². The first kappa shape index (κ1) is 25.7. The summed E-state index contributed by atoms with van der Waals surface area (Å²) in [6.07, 6.45) is 3.44. The molecule has 1 fully saturated rings. The van der Waals surface area contributed by atoms with Crippen molar-refractivity contribution in [1.29, 1.82) is 0 Å². The number of imidazole rings is 1. The third kappa shape index (κ3) is 5.43. The van der Waals surface area contributed by atoms with E-state index in [1.807, 2.05) is 46.4 Å². The number of fused-ring (bicyclic) bond motifs is 8. The minimum atomic E-state index is -0.478. The molecule has 3 amide bonds. The standard InChI is InChI=1S/C28H27N5O6S/c1-37-22-7-4-18-10-23(22)38-16-25(34)29-12-17-2-5-20(6-3-17)39-24-15-33(14-21(24)31-27(18)36)26(35)11-19-13-32-8-9-40-28(32)30-19/h2-10,13,21,24H,11-12,14-16H2,1H3,(H,29,34)(H,31,36)/t21-,24-/m0/s1. The number of methoxy groups -OCH3 is 1. The van der Waals surface area contributed by atoms with Crippen LogP contribution in [0, 0.1) is 0 Å². The molecule has 4 aromatic rings. The van der Waals surface area contributed by atoms with Crippen LogP contribution < -0.4 is 24.8 Å². The van der Waals surface area contributed by atoms with Gasteiger partial charge in [-0.25, -0.2) is 4.98 Å². The highest BCUT2D eigenvalue weighted by Gasteiger charge is 2.38. The minimum absolute atomic E-state index is 0.0931. The number of nitrogens with one attached hydrogen (secondary N) is 2. The van der Waals surface area contributed by atoms with E-state index < -0.39 is 12.1 Å². The van der Waals surface area contributed by atoms with E-state index in [2.05, 4.69) is 15.6 Å². The van der Waals surface area contributed by atoms with E-state index in [-0.39, 0.29) is 43.0 Å². The van der Waals surface area contributed by atoms with Crippen molar-refractivity contribution in [2.45, 2.75) is 25.1 Å². The molecule has 0 unspecified atom stereocenters. The van der Waals surface area contributed by atoms with Gasteiger partial charge < -0.3 is 29.7 Å². The van der Waals surface area contributed by atoms with Crippen LogP contribution in [0.15, 0.2) is 60.2 Å². The zero-order chi connectivity index (χ0) is 27.6. The zero-order valence-electron chi connectivity index (χ0n) is 21.7. The Morgan fingerprint density at radius 3 is 2.83 bits per heavy atom. The molecule has 0 saturated carbocycles. The Morgan fingerprint density at radius 2 is 2.02 bits per heavy atom. The van der Waals surface area contributed by atoms with Gasteiger partial charge in [-0.1, -0.05) is 12.1 Å². The lowest BCUT2D eigenvalue weighted by Gasteiger charge is -2.21. The fraction of sp³-hybridized carbons (Fsp3) is 0.286. The van der Waals surface area contributed by atoms with E-state index >= 15 is 0 Å². The molecule has 0 radical (unpaired) electrons. The summed E-state index contributed by atoms with van der Waals surface area (Å²) in [5, 5.41) is 7.79. The van der Waals surface area contributed by atoms with Gasteiger partial charge in [-0.2, -0.15) is 0 Å². The summed E-state index contributed by atoms with van der Waals surface area (Å²) in [4.78, 5) is 46.0. The monoisotopic (exact) mass is 561 g/mol. The number of likely N-dealkylation sites (tertiary alicyclic amines) is 1. The number of nitrogens with zero attached hydrogens (tertiary/aromatic N) is 3. The number of aromatic nitrogens is 2. The zero-order valence-corrected chi connectivity index (χ0v) is 22.5. The van der Waals surface area contributed by atoms with Crippen LogP contribution in [-0.4, -0.2) is 71.0 Å². The topological polar surface area (TPSA) is 124 Å². The Balaban J connectivity index is 1.25. The Kier molecular flexibility index (Phi) is 6.99. The molecule has 1 saturated heterocycles. The molecule has 0 spiro atoms. The molecule has 4 bridgehead atoms. The quantitative estimate of drug-likeness (QED) is 0.393. The first-order valence-corrected chi connectivity index (χ1v) is 13.7. The van der Waals surface area contributed by atoms with Gasteiger partial charge in [0.1, 0.15) is 11.9 Å². The molecule has 5 heterocycles. The third-order valence-corrected chi connectivity index (χ3v) is 7.67. The van der Waals surface area contributed by atoms with Crippen LogP contribution in [0.4, 0.5) is 0 Å². The van der Waals surface area contributed by atoms with Crippen molar-refractivity contribution in [1.82, 2.24) is 24.9 Å². The number of ether oxygens (including phenoxy) is 3. The molecule has 7 rings (SSSR count). The summed E-state index contributed by atoms with van der Waals surface area (Å²) < 4.78 is 19.2. The predicted molar refractivity (Wildman–Crippen MR) is 146 cm³/mol. The van der Waals surface area contributed by atoms with Crippen molar-refractivity contribution in [3.63, 3.8) is 0 Å². The van der Waals surface area contributed by atoms with Gasteiger partial charge >= 0.3 is 0 Å². The van der Waals surface area contributed by atoms with E-state index in [4.69, 9.17) is 14.2 Å². The smallest absolute Gasteiger partial charge is 0.258 e. The van der Waals surface area contributed by atoms with E-state index in [0.29, 0.717) is 35.8 Å². The second-order valence-electron chi connectivity index (χ2n) is 9.61. The molecule has 12 heteroatoms. The van der Waals surface area contributed by atoms with Gasteiger partial charge in [-0.05, 0) is 35.9 Å². The minimum Gasteiger partial charge on any atom is -0.493 e. The molecule has 206 valence electrons. The molecule has 2 aromatic heterocycles. The lowest BCUT2D eigenvalue weighted by Crippen LogP contribution is -2.45. The number of hydrogen-bond donors (Lipinski definition) is 2. The second kappa shape index (κ2) is 10.9. The van der Waals surface area contributed by atoms with Gasteiger partial charge in [0.25, 0.3) is 11.8 Å². The Labute approximate surface area is 233 Å².